The molecule has 0 unspecified atom stereocenters. The summed E-state index contributed by atoms with van der Waals surface area (Å²) in [4.78, 5) is 0. The van der Waals surface area contributed by atoms with E-state index in [9.17, 15) is 0 Å². The number of allylic oxidation sites excluding steroid dienone is 5. The third-order valence-electron chi connectivity index (χ3n) is 2.29. The van der Waals surface area contributed by atoms with E-state index in [1.54, 1.807) is 24.4 Å². The summed E-state index contributed by atoms with van der Waals surface area (Å²) in [7, 11) is 0. The molecule has 0 heterocycles. The van der Waals surface area contributed by atoms with Crippen molar-refractivity contribution in [3.63, 3.8) is 0 Å². The Hall–Kier alpha value is -2.53. The Kier molecular flexibility index (Phi) is 5.91. The van der Waals surface area contributed by atoms with E-state index < -0.39 is 0 Å². The lowest BCUT2D eigenvalue weighted by atomic mass is 10.2. The van der Waals surface area contributed by atoms with Gasteiger partial charge in [-0.1, -0.05) is 30.9 Å². The van der Waals surface area contributed by atoms with Gasteiger partial charge in [0.2, 0.25) is 0 Å². The van der Waals surface area contributed by atoms with Crippen LogP contribution in [0.5, 0.6) is 0 Å². The molecule has 0 fully saturated rings. The molecule has 1 rings (SSSR count). The molecule has 1 aromatic rings. The second-order valence-electron chi connectivity index (χ2n) is 3.74. The number of rotatable bonds is 6. The lowest BCUT2D eigenvalue weighted by Crippen LogP contribution is -2.07. The fourth-order valence-electron chi connectivity index (χ4n) is 1.37. The van der Waals surface area contributed by atoms with E-state index in [-0.39, 0.29) is 0 Å². The van der Waals surface area contributed by atoms with Gasteiger partial charge in [-0.2, -0.15) is 5.10 Å². The largest absolute Gasteiger partial charge is 0.399 e. The first-order valence-electron chi connectivity index (χ1n) is 5.81. The van der Waals surface area contributed by atoms with Gasteiger partial charge in [0.05, 0.1) is 17.6 Å². The zero-order chi connectivity index (χ0) is 14.1. The number of nitrogens with one attached hydrogen (secondary N) is 2. The topological polar surface area (TPSA) is 88.5 Å². The lowest BCUT2D eigenvalue weighted by Gasteiger charge is -2.06. The van der Waals surface area contributed by atoms with Crippen LogP contribution in [0.15, 0.2) is 59.8 Å². The van der Waals surface area contributed by atoms with Crippen LogP contribution >= 0.6 is 0 Å². The maximum Gasteiger partial charge on any atom is 0.0603 e. The van der Waals surface area contributed by atoms with Crippen molar-refractivity contribution < 1.29 is 0 Å². The lowest BCUT2D eigenvalue weighted by molar-refractivity contribution is 1.32. The summed E-state index contributed by atoms with van der Waals surface area (Å²) in [5.74, 6) is 5.34. The van der Waals surface area contributed by atoms with Gasteiger partial charge in [0.15, 0.2) is 0 Å². The van der Waals surface area contributed by atoms with Gasteiger partial charge in [-0.25, -0.2) is 0 Å². The third-order valence-corrected chi connectivity index (χ3v) is 2.29. The first-order chi connectivity index (χ1) is 9.19. The van der Waals surface area contributed by atoms with Gasteiger partial charge in [0, 0.05) is 5.69 Å². The predicted molar refractivity (Wildman–Crippen MR) is 83.9 cm³/mol. The average molecular weight is 257 g/mol. The van der Waals surface area contributed by atoms with Crippen molar-refractivity contribution in [3.8, 4) is 0 Å². The molecule has 1 aromatic carbocycles. The van der Waals surface area contributed by atoms with Crippen LogP contribution in [0.1, 0.15) is 6.92 Å². The summed E-state index contributed by atoms with van der Waals surface area (Å²) in [6.45, 7) is 5.55. The molecule has 0 atom stereocenters. The van der Waals surface area contributed by atoms with Crippen LogP contribution in [0.25, 0.3) is 0 Å². The van der Waals surface area contributed by atoms with E-state index in [0.717, 1.165) is 16.9 Å². The molecule has 0 aliphatic heterocycles. The Morgan fingerprint density at radius 1 is 1.32 bits per heavy atom. The Morgan fingerprint density at radius 3 is 2.68 bits per heavy atom. The van der Waals surface area contributed by atoms with Crippen LogP contribution in [0.4, 0.5) is 17.1 Å². The Balaban J connectivity index is 2.73. The number of benzene rings is 1. The highest BCUT2D eigenvalue weighted by Crippen LogP contribution is 2.19. The van der Waals surface area contributed by atoms with Gasteiger partial charge in [-0.15, -0.1) is 0 Å². The van der Waals surface area contributed by atoms with Crippen LogP contribution in [0.3, 0.4) is 0 Å². The highest BCUT2D eigenvalue weighted by Gasteiger charge is 1.96. The number of nitrogens with zero attached hydrogens (tertiary/aromatic N) is 1. The Labute approximate surface area is 113 Å². The first kappa shape index (κ1) is 14.5. The molecule has 0 saturated carbocycles. The third kappa shape index (κ3) is 5.10. The molecule has 100 valence electrons. The number of hydrogen-bond acceptors (Lipinski definition) is 5. The summed E-state index contributed by atoms with van der Waals surface area (Å²) >= 11 is 0. The number of nitrogens with two attached hydrogens (primary N) is 2. The zero-order valence-electron chi connectivity index (χ0n) is 10.9. The highest BCUT2D eigenvalue weighted by molar-refractivity contribution is 5.83. The van der Waals surface area contributed by atoms with Crippen molar-refractivity contribution in [1.29, 1.82) is 0 Å². The average Bonchev–Trinajstić information content (AvgIpc) is 2.42. The number of hydrogen-bond donors (Lipinski definition) is 4. The van der Waals surface area contributed by atoms with Crippen LogP contribution in [0.2, 0.25) is 0 Å². The van der Waals surface area contributed by atoms with Crippen molar-refractivity contribution in [1.82, 2.24) is 0 Å². The maximum absolute atomic E-state index is 5.74. The van der Waals surface area contributed by atoms with Crippen LogP contribution in [-0.2, 0) is 0 Å². The molecule has 0 amide bonds. The summed E-state index contributed by atoms with van der Waals surface area (Å²) < 4.78 is 0. The molecular formula is C14H19N5. The molecule has 0 saturated heterocycles. The first-order valence-corrected chi connectivity index (χ1v) is 5.81. The van der Waals surface area contributed by atoms with Crippen molar-refractivity contribution in [2.75, 3.05) is 16.6 Å². The van der Waals surface area contributed by atoms with Crippen LogP contribution < -0.4 is 22.4 Å². The predicted octanol–water partition coefficient (Wildman–Crippen LogP) is 2.64. The van der Waals surface area contributed by atoms with Gasteiger partial charge >= 0.3 is 0 Å². The van der Waals surface area contributed by atoms with Gasteiger partial charge in [-0.05, 0) is 30.7 Å². The molecular weight excluding hydrogens is 238 g/mol. The van der Waals surface area contributed by atoms with E-state index in [4.69, 9.17) is 11.6 Å². The smallest absolute Gasteiger partial charge is 0.0603 e. The minimum atomic E-state index is 0.603. The molecule has 0 radical (unpaired) electrons. The van der Waals surface area contributed by atoms with E-state index in [2.05, 4.69) is 22.5 Å². The molecule has 0 aliphatic rings. The summed E-state index contributed by atoms with van der Waals surface area (Å²) in [5.41, 5.74) is 14.2. The van der Waals surface area contributed by atoms with Gasteiger partial charge in [-0.3, -0.25) is 11.3 Å². The minimum Gasteiger partial charge on any atom is -0.399 e. The van der Waals surface area contributed by atoms with E-state index in [1.807, 2.05) is 31.2 Å². The highest BCUT2D eigenvalue weighted by atomic mass is 15.3. The van der Waals surface area contributed by atoms with Crippen LogP contribution in [0, 0.1) is 0 Å². The van der Waals surface area contributed by atoms with Gasteiger partial charge < -0.3 is 11.2 Å². The maximum atomic E-state index is 5.74. The molecule has 0 spiro atoms. The second kappa shape index (κ2) is 7.73. The quantitative estimate of drug-likeness (QED) is 0.207. The molecule has 0 aliphatic carbocycles. The van der Waals surface area contributed by atoms with Crippen LogP contribution in [-0.4, -0.2) is 6.21 Å². The fourth-order valence-corrected chi connectivity index (χ4v) is 1.37. The van der Waals surface area contributed by atoms with Crippen molar-refractivity contribution in [3.05, 3.63) is 54.7 Å². The number of hydrazine groups is 1. The number of hydrazone groups is 1. The normalized spacial score (nSPS) is 12.0. The number of anilines is 3. The van der Waals surface area contributed by atoms with Crippen molar-refractivity contribution in [2.24, 2.45) is 10.9 Å². The number of nitrogen functional groups attached to an aromatic ring is 2. The molecule has 0 bridgehead atoms. The van der Waals surface area contributed by atoms with E-state index in [0.29, 0.717) is 5.69 Å². The SMILES string of the molecule is C=C\C=C/C(/C=N/Nc1cc(N)cc(NN)c1)=C\C. The summed E-state index contributed by atoms with van der Waals surface area (Å²) in [5, 5.41) is 4.13. The van der Waals surface area contributed by atoms with Crippen molar-refractivity contribution in [2.45, 2.75) is 6.92 Å². The molecule has 5 nitrogen and oxygen atoms in total. The molecule has 5 heteroatoms. The van der Waals surface area contributed by atoms with Gasteiger partial charge in [0.25, 0.3) is 0 Å². The Bertz CT molecular complexity index is 515. The standard InChI is InChI=1S/C14H19N5/c1-3-5-6-11(4-2)10-17-19-14-8-12(15)7-13(9-14)18-16/h3-10,18-19H,1,15-16H2,2H3/b6-5-,11-4+,17-10+. The van der Waals surface area contributed by atoms with Gasteiger partial charge in [0.1, 0.15) is 0 Å². The second-order valence-corrected chi connectivity index (χ2v) is 3.74. The monoisotopic (exact) mass is 257 g/mol. The van der Waals surface area contributed by atoms with E-state index >= 15 is 0 Å². The van der Waals surface area contributed by atoms with Crippen molar-refractivity contribution >= 4 is 23.3 Å². The Morgan fingerprint density at radius 2 is 2.05 bits per heavy atom. The summed E-state index contributed by atoms with van der Waals surface area (Å²) in [6.07, 6.45) is 9.11. The summed E-state index contributed by atoms with van der Waals surface area (Å²) in [6, 6.07) is 5.31. The van der Waals surface area contributed by atoms with E-state index in [1.165, 1.54) is 0 Å². The zero-order valence-corrected chi connectivity index (χ0v) is 10.9. The molecule has 6 N–H and O–H groups in total. The molecule has 0 aromatic heterocycles. The minimum absolute atomic E-state index is 0.603. The molecule has 19 heavy (non-hydrogen) atoms. The fraction of sp³-hybridized carbons (Fsp3) is 0.0714.